The number of rotatable bonds is 5. The quantitative estimate of drug-likeness (QED) is 0.369. The normalized spacial score (nSPS) is 11.8. The lowest BCUT2D eigenvalue weighted by Crippen LogP contribution is -2.13. The minimum atomic E-state index is -4.62. The van der Waals surface area contributed by atoms with Crippen LogP contribution in [0.25, 0.3) is 17.1 Å². The second kappa shape index (κ2) is 8.31. The summed E-state index contributed by atoms with van der Waals surface area (Å²) in [5, 5.41) is 19.3. The van der Waals surface area contributed by atoms with E-state index in [4.69, 9.17) is 16.0 Å². The predicted molar refractivity (Wildman–Crippen MR) is 108 cm³/mol. The molecular weight excluding hydrogens is 453 g/mol. The van der Waals surface area contributed by atoms with E-state index in [1.807, 2.05) is 32.0 Å². The predicted octanol–water partition coefficient (Wildman–Crippen LogP) is 5.29. The monoisotopic (exact) mass is 466 g/mol. The molecule has 0 N–H and O–H groups in total. The first kappa shape index (κ1) is 21.3. The van der Waals surface area contributed by atoms with Crippen LogP contribution in [0.15, 0.2) is 46.0 Å². The molecule has 0 atom stereocenters. The summed E-state index contributed by atoms with van der Waals surface area (Å²) in [6.07, 6.45) is -4.62. The standard InChI is InChI=1S/C19H14ClF3N6OS/c1-10-5-11(2)7-12(6-10)17-25-26-18(30-17)31-9-16-24-27-28-29(16)15-4-3-13(20)8-14(15)19(21,22)23/h3-8H,9H2,1-2H3. The number of aryl methyl sites for hydroxylation is 2. The molecule has 12 heteroatoms. The lowest BCUT2D eigenvalue weighted by molar-refractivity contribution is -0.137. The van der Waals surface area contributed by atoms with Crippen molar-refractivity contribution in [2.45, 2.75) is 31.0 Å². The molecule has 31 heavy (non-hydrogen) atoms. The molecule has 2 aromatic carbocycles. The Kier molecular flexibility index (Phi) is 5.71. The van der Waals surface area contributed by atoms with Crippen LogP contribution in [0.2, 0.25) is 5.02 Å². The fourth-order valence-corrected chi connectivity index (χ4v) is 3.85. The summed E-state index contributed by atoms with van der Waals surface area (Å²) < 4.78 is 47.0. The van der Waals surface area contributed by atoms with E-state index in [0.29, 0.717) is 5.89 Å². The van der Waals surface area contributed by atoms with Gasteiger partial charge in [-0.1, -0.05) is 40.6 Å². The molecule has 0 saturated heterocycles. The van der Waals surface area contributed by atoms with Crippen LogP contribution in [0.1, 0.15) is 22.5 Å². The number of hydrogen-bond acceptors (Lipinski definition) is 7. The Bertz CT molecular complexity index is 1220. The molecule has 7 nitrogen and oxygen atoms in total. The van der Waals surface area contributed by atoms with Gasteiger partial charge in [-0.05, 0) is 54.6 Å². The van der Waals surface area contributed by atoms with Crippen molar-refractivity contribution in [1.29, 1.82) is 0 Å². The Hall–Kier alpha value is -2.92. The smallest absolute Gasteiger partial charge is 0.411 e. The van der Waals surface area contributed by atoms with Crippen LogP contribution >= 0.6 is 23.4 Å². The number of hydrogen-bond donors (Lipinski definition) is 0. The minimum Gasteiger partial charge on any atom is -0.411 e. The van der Waals surface area contributed by atoms with Gasteiger partial charge in [-0.15, -0.1) is 15.3 Å². The fourth-order valence-electron chi connectivity index (χ4n) is 3.01. The van der Waals surface area contributed by atoms with Crippen LogP contribution in [-0.4, -0.2) is 30.4 Å². The van der Waals surface area contributed by atoms with Crippen molar-refractivity contribution in [1.82, 2.24) is 30.4 Å². The number of alkyl halides is 3. The molecule has 0 amide bonds. The zero-order valence-electron chi connectivity index (χ0n) is 16.2. The topological polar surface area (TPSA) is 82.5 Å². The lowest BCUT2D eigenvalue weighted by atomic mass is 10.1. The molecule has 0 radical (unpaired) electrons. The zero-order chi connectivity index (χ0) is 22.2. The minimum absolute atomic E-state index is 0.0372. The lowest BCUT2D eigenvalue weighted by Gasteiger charge is -2.13. The summed E-state index contributed by atoms with van der Waals surface area (Å²) in [5.74, 6) is 0.649. The van der Waals surface area contributed by atoms with Crippen LogP contribution in [0.4, 0.5) is 13.2 Å². The van der Waals surface area contributed by atoms with Gasteiger partial charge in [-0.3, -0.25) is 0 Å². The zero-order valence-corrected chi connectivity index (χ0v) is 17.8. The molecule has 0 fully saturated rings. The van der Waals surface area contributed by atoms with Gasteiger partial charge in [0.25, 0.3) is 5.22 Å². The molecule has 0 unspecified atom stereocenters. The van der Waals surface area contributed by atoms with Gasteiger partial charge in [0.2, 0.25) is 5.89 Å². The number of halogens is 4. The second-order valence-corrected chi connectivity index (χ2v) is 8.07. The van der Waals surface area contributed by atoms with Crippen molar-refractivity contribution in [2.75, 3.05) is 0 Å². The van der Waals surface area contributed by atoms with E-state index in [9.17, 15) is 13.2 Å². The van der Waals surface area contributed by atoms with E-state index in [-0.39, 0.29) is 27.5 Å². The number of tetrazole rings is 1. The molecule has 4 rings (SSSR count). The highest BCUT2D eigenvalue weighted by Gasteiger charge is 2.35. The van der Waals surface area contributed by atoms with Crippen molar-refractivity contribution < 1.29 is 17.6 Å². The highest BCUT2D eigenvalue weighted by atomic mass is 35.5. The molecule has 0 spiro atoms. The summed E-state index contributed by atoms with van der Waals surface area (Å²) in [7, 11) is 0. The summed E-state index contributed by atoms with van der Waals surface area (Å²) in [4.78, 5) is 0. The largest absolute Gasteiger partial charge is 0.418 e. The first-order valence-electron chi connectivity index (χ1n) is 8.90. The number of thioether (sulfide) groups is 1. The molecule has 0 bridgehead atoms. The van der Waals surface area contributed by atoms with E-state index < -0.39 is 11.7 Å². The maximum Gasteiger partial charge on any atom is 0.418 e. The Morgan fingerprint density at radius 1 is 1.03 bits per heavy atom. The van der Waals surface area contributed by atoms with Crippen LogP contribution < -0.4 is 0 Å². The summed E-state index contributed by atoms with van der Waals surface area (Å²) in [6, 6.07) is 9.29. The highest BCUT2D eigenvalue weighted by Crippen LogP contribution is 2.36. The Balaban J connectivity index is 1.57. The summed E-state index contributed by atoms with van der Waals surface area (Å²) in [5.41, 5.74) is 1.75. The average Bonchev–Trinajstić information content (AvgIpc) is 3.34. The average molecular weight is 467 g/mol. The van der Waals surface area contributed by atoms with Gasteiger partial charge >= 0.3 is 6.18 Å². The number of nitrogens with zero attached hydrogens (tertiary/aromatic N) is 6. The third kappa shape index (κ3) is 4.72. The van der Waals surface area contributed by atoms with E-state index >= 15 is 0 Å². The van der Waals surface area contributed by atoms with E-state index in [2.05, 4.69) is 25.7 Å². The fraction of sp³-hybridized carbons (Fsp3) is 0.211. The molecular formula is C19H14ClF3N6OS. The van der Waals surface area contributed by atoms with Crippen LogP contribution in [0, 0.1) is 13.8 Å². The molecule has 4 aromatic rings. The maximum atomic E-state index is 13.4. The molecule has 0 aliphatic carbocycles. The third-order valence-corrected chi connectivity index (χ3v) is 5.28. The van der Waals surface area contributed by atoms with Gasteiger partial charge in [0.05, 0.1) is 17.0 Å². The van der Waals surface area contributed by atoms with Gasteiger partial charge in [0, 0.05) is 10.6 Å². The van der Waals surface area contributed by atoms with Crippen molar-refractivity contribution in [3.63, 3.8) is 0 Å². The van der Waals surface area contributed by atoms with Crippen molar-refractivity contribution in [2.24, 2.45) is 0 Å². The van der Waals surface area contributed by atoms with Gasteiger partial charge < -0.3 is 4.42 Å². The first-order chi connectivity index (χ1) is 14.7. The van der Waals surface area contributed by atoms with Crippen molar-refractivity contribution >= 4 is 23.4 Å². The van der Waals surface area contributed by atoms with Crippen LogP contribution in [0.5, 0.6) is 0 Å². The van der Waals surface area contributed by atoms with Crippen LogP contribution in [0.3, 0.4) is 0 Å². The number of benzene rings is 2. The summed E-state index contributed by atoms with van der Waals surface area (Å²) >= 11 is 6.86. The SMILES string of the molecule is Cc1cc(C)cc(-c2nnc(SCc3nnnn3-c3ccc(Cl)cc3C(F)(F)F)o2)c1. The Labute approximate surface area is 183 Å². The molecule has 0 aliphatic heterocycles. The molecule has 160 valence electrons. The molecule has 2 heterocycles. The van der Waals surface area contributed by atoms with Gasteiger partial charge in [-0.2, -0.15) is 17.9 Å². The van der Waals surface area contributed by atoms with Gasteiger partial charge in [0.1, 0.15) is 0 Å². The van der Waals surface area contributed by atoms with Crippen molar-refractivity contribution in [3.8, 4) is 17.1 Å². The summed E-state index contributed by atoms with van der Waals surface area (Å²) in [6.45, 7) is 3.93. The van der Waals surface area contributed by atoms with E-state index in [1.165, 1.54) is 12.1 Å². The van der Waals surface area contributed by atoms with Crippen LogP contribution in [-0.2, 0) is 11.9 Å². The maximum absolute atomic E-state index is 13.4. The second-order valence-electron chi connectivity index (χ2n) is 6.70. The van der Waals surface area contributed by atoms with Gasteiger partial charge in [0.15, 0.2) is 5.82 Å². The Morgan fingerprint density at radius 3 is 2.48 bits per heavy atom. The van der Waals surface area contributed by atoms with Crippen molar-refractivity contribution in [3.05, 3.63) is 63.9 Å². The molecule has 0 aliphatic rings. The number of aromatic nitrogens is 6. The molecule has 2 aromatic heterocycles. The first-order valence-corrected chi connectivity index (χ1v) is 10.3. The third-order valence-electron chi connectivity index (χ3n) is 4.23. The van der Waals surface area contributed by atoms with E-state index in [1.54, 1.807) is 0 Å². The highest BCUT2D eigenvalue weighted by molar-refractivity contribution is 7.98. The van der Waals surface area contributed by atoms with Gasteiger partial charge in [-0.25, -0.2) is 0 Å². The molecule has 0 saturated carbocycles. The Morgan fingerprint density at radius 2 is 1.77 bits per heavy atom. The van der Waals surface area contributed by atoms with E-state index in [0.717, 1.165) is 39.2 Å².